The number of piperidine rings is 1. The fraction of sp³-hybridized carbons (Fsp3) is 0.296. The van der Waals surface area contributed by atoms with Gasteiger partial charge in [-0.05, 0) is 80.8 Å². The molecule has 3 aromatic rings. The lowest BCUT2D eigenvalue weighted by Crippen LogP contribution is -2.38. The summed E-state index contributed by atoms with van der Waals surface area (Å²) in [5.74, 6) is -0.0605. The highest BCUT2D eigenvalue weighted by atomic mass is 35.5. The number of methoxy groups -OCH3 is 1. The lowest BCUT2D eigenvalue weighted by atomic mass is 10.1. The molecule has 0 radical (unpaired) electrons. The molecule has 3 aromatic carbocycles. The predicted molar refractivity (Wildman–Crippen MR) is 145 cm³/mol. The fourth-order valence-electron chi connectivity index (χ4n) is 4.20. The SMILES string of the molecule is COc1ccc(N(CC(=O)Nc2ccc(N3CCCCC3)cc2)S(=O)(=O)c2ccc(C)cc2)cc1Cl. The molecular weight excluding hydrogens is 498 g/mol. The van der Waals surface area contributed by atoms with E-state index < -0.39 is 22.5 Å². The van der Waals surface area contributed by atoms with Gasteiger partial charge < -0.3 is 15.0 Å². The van der Waals surface area contributed by atoms with E-state index in [1.165, 1.54) is 44.6 Å². The summed E-state index contributed by atoms with van der Waals surface area (Å²) in [5, 5.41) is 3.06. The first-order valence-corrected chi connectivity index (χ1v) is 13.7. The molecule has 1 aliphatic rings. The van der Waals surface area contributed by atoms with Crippen LogP contribution in [0.3, 0.4) is 0 Å². The molecule has 1 heterocycles. The molecule has 0 atom stereocenters. The van der Waals surface area contributed by atoms with Gasteiger partial charge in [-0.1, -0.05) is 29.3 Å². The molecule has 1 N–H and O–H groups in total. The van der Waals surface area contributed by atoms with E-state index in [0.717, 1.165) is 28.6 Å². The molecular formula is C27H30ClN3O4S. The van der Waals surface area contributed by atoms with Crippen molar-refractivity contribution in [2.45, 2.75) is 31.1 Å². The first-order chi connectivity index (χ1) is 17.3. The van der Waals surface area contributed by atoms with Crippen molar-refractivity contribution in [2.75, 3.05) is 41.3 Å². The summed E-state index contributed by atoms with van der Waals surface area (Å²) in [6, 6.07) is 18.7. The van der Waals surface area contributed by atoms with Gasteiger partial charge in [-0.3, -0.25) is 9.10 Å². The first kappa shape index (κ1) is 25.9. The van der Waals surface area contributed by atoms with Crippen molar-refractivity contribution < 1.29 is 17.9 Å². The molecule has 0 aromatic heterocycles. The Bertz CT molecular complexity index is 1310. The fourth-order valence-corrected chi connectivity index (χ4v) is 5.87. The van der Waals surface area contributed by atoms with Gasteiger partial charge >= 0.3 is 0 Å². The summed E-state index contributed by atoms with van der Waals surface area (Å²) >= 11 is 6.28. The van der Waals surface area contributed by atoms with Crippen molar-refractivity contribution in [3.8, 4) is 5.75 Å². The molecule has 1 fully saturated rings. The third-order valence-corrected chi connectivity index (χ3v) is 8.28. The molecule has 36 heavy (non-hydrogen) atoms. The molecule has 1 saturated heterocycles. The smallest absolute Gasteiger partial charge is 0.264 e. The van der Waals surface area contributed by atoms with Crippen molar-refractivity contribution in [3.63, 3.8) is 0 Å². The number of sulfonamides is 1. The molecule has 0 bridgehead atoms. The highest BCUT2D eigenvalue weighted by Gasteiger charge is 2.28. The molecule has 0 saturated carbocycles. The largest absolute Gasteiger partial charge is 0.495 e. The van der Waals surface area contributed by atoms with Gasteiger partial charge in [0.1, 0.15) is 12.3 Å². The van der Waals surface area contributed by atoms with E-state index in [4.69, 9.17) is 16.3 Å². The van der Waals surface area contributed by atoms with Crippen LogP contribution in [0.1, 0.15) is 24.8 Å². The van der Waals surface area contributed by atoms with Gasteiger partial charge in [-0.15, -0.1) is 0 Å². The summed E-state index contributed by atoms with van der Waals surface area (Å²) < 4.78 is 33.4. The number of nitrogens with one attached hydrogen (secondary N) is 1. The van der Waals surface area contributed by atoms with Crippen molar-refractivity contribution in [2.24, 2.45) is 0 Å². The maximum Gasteiger partial charge on any atom is 0.264 e. The van der Waals surface area contributed by atoms with Crippen molar-refractivity contribution in [3.05, 3.63) is 77.3 Å². The number of ether oxygens (including phenoxy) is 1. The van der Waals surface area contributed by atoms with Gasteiger partial charge in [0.25, 0.3) is 10.0 Å². The summed E-state index contributed by atoms with van der Waals surface area (Å²) in [7, 11) is -2.57. The van der Waals surface area contributed by atoms with Crippen LogP contribution in [-0.4, -0.2) is 41.1 Å². The van der Waals surface area contributed by atoms with Crippen LogP contribution in [0.5, 0.6) is 5.75 Å². The molecule has 0 unspecified atom stereocenters. The van der Waals surface area contributed by atoms with Gasteiger partial charge in [-0.25, -0.2) is 8.42 Å². The second-order valence-corrected chi connectivity index (χ2v) is 11.1. The van der Waals surface area contributed by atoms with Gasteiger partial charge in [0.2, 0.25) is 5.91 Å². The molecule has 9 heteroatoms. The third-order valence-electron chi connectivity index (χ3n) is 6.19. The number of nitrogens with zero attached hydrogens (tertiary/aromatic N) is 2. The van der Waals surface area contributed by atoms with Crippen LogP contribution in [0, 0.1) is 6.92 Å². The zero-order chi connectivity index (χ0) is 25.7. The van der Waals surface area contributed by atoms with Crippen molar-refractivity contribution in [1.29, 1.82) is 0 Å². The number of amides is 1. The molecule has 1 amide bonds. The zero-order valence-corrected chi connectivity index (χ0v) is 22.0. The van der Waals surface area contributed by atoms with Gasteiger partial charge in [-0.2, -0.15) is 0 Å². The Labute approximate surface area is 217 Å². The Balaban J connectivity index is 1.57. The van der Waals surface area contributed by atoms with Gasteiger partial charge in [0.05, 0.1) is 22.7 Å². The summed E-state index contributed by atoms with van der Waals surface area (Å²) in [5.41, 5.74) is 2.90. The van der Waals surface area contributed by atoms with E-state index in [-0.39, 0.29) is 15.6 Å². The van der Waals surface area contributed by atoms with E-state index in [0.29, 0.717) is 11.4 Å². The Hall–Kier alpha value is -3.23. The standard InChI is InChI=1S/C27H30ClN3O4S/c1-20-6-13-24(14-7-20)36(33,34)31(23-12-15-26(35-2)25(28)18-23)19-27(32)29-21-8-10-22(11-9-21)30-16-4-3-5-17-30/h6-15,18H,3-5,16-17,19H2,1-2H3,(H,29,32). The van der Waals surface area contributed by atoms with Crippen molar-refractivity contribution in [1.82, 2.24) is 0 Å². The Morgan fingerprint density at radius 2 is 1.67 bits per heavy atom. The number of carbonyl (C=O) groups excluding carboxylic acids is 1. The number of aryl methyl sites for hydroxylation is 1. The van der Waals surface area contributed by atoms with Crippen LogP contribution in [0.25, 0.3) is 0 Å². The van der Waals surface area contributed by atoms with Crippen LogP contribution in [0.2, 0.25) is 5.02 Å². The Kier molecular flexibility index (Phi) is 8.06. The van der Waals surface area contributed by atoms with Crippen LogP contribution in [0.4, 0.5) is 17.1 Å². The summed E-state index contributed by atoms with van der Waals surface area (Å²) in [6.07, 6.45) is 3.62. The van der Waals surface area contributed by atoms with Crippen LogP contribution < -0.4 is 19.3 Å². The lowest BCUT2D eigenvalue weighted by molar-refractivity contribution is -0.114. The van der Waals surface area contributed by atoms with Crippen LogP contribution >= 0.6 is 11.6 Å². The van der Waals surface area contributed by atoms with E-state index >= 15 is 0 Å². The molecule has 0 aliphatic carbocycles. The maximum atomic E-state index is 13.6. The van der Waals surface area contributed by atoms with E-state index in [1.54, 1.807) is 24.3 Å². The number of halogens is 1. The number of hydrogen-bond acceptors (Lipinski definition) is 5. The molecule has 190 valence electrons. The highest BCUT2D eigenvalue weighted by molar-refractivity contribution is 7.92. The number of anilines is 3. The minimum atomic E-state index is -4.05. The Morgan fingerprint density at radius 3 is 2.28 bits per heavy atom. The maximum absolute atomic E-state index is 13.6. The van der Waals surface area contributed by atoms with Gasteiger partial charge in [0, 0.05) is 24.5 Å². The molecule has 1 aliphatic heterocycles. The highest BCUT2D eigenvalue weighted by Crippen LogP contribution is 2.32. The molecule has 4 rings (SSSR count). The quantitative estimate of drug-likeness (QED) is 0.419. The molecule has 0 spiro atoms. The topological polar surface area (TPSA) is 79.0 Å². The number of hydrogen-bond donors (Lipinski definition) is 1. The first-order valence-electron chi connectivity index (χ1n) is 11.9. The molecule has 7 nitrogen and oxygen atoms in total. The third kappa shape index (κ3) is 5.94. The van der Waals surface area contributed by atoms with E-state index in [1.807, 2.05) is 31.2 Å². The minimum absolute atomic E-state index is 0.0822. The number of rotatable bonds is 8. The lowest BCUT2D eigenvalue weighted by Gasteiger charge is -2.29. The van der Waals surface area contributed by atoms with E-state index in [2.05, 4.69) is 10.2 Å². The predicted octanol–water partition coefficient (Wildman–Crippen LogP) is 5.48. The van der Waals surface area contributed by atoms with Gasteiger partial charge in [0.15, 0.2) is 0 Å². The average Bonchev–Trinajstić information content (AvgIpc) is 2.88. The number of benzene rings is 3. The second-order valence-electron chi connectivity index (χ2n) is 8.79. The summed E-state index contributed by atoms with van der Waals surface area (Å²) in [4.78, 5) is 15.5. The second kappa shape index (κ2) is 11.2. The van der Waals surface area contributed by atoms with Crippen LogP contribution in [-0.2, 0) is 14.8 Å². The van der Waals surface area contributed by atoms with Crippen LogP contribution in [0.15, 0.2) is 71.6 Å². The van der Waals surface area contributed by atoms with E-state index in [9.17, 15) is 13.2 Å². The minimum Gasteiger partial charge on any atom is -0.495 e. The average molecular weight is 528 g/mol. The Morgan fingerprint density at radius 1 is 1.00 bits per heavy atom. The van der Waals surface area contributed by atoms with Crippen molar-refractivity contribution >= 4 is 44.6 Å². The summed E-state index contributed by atoms with van der Waals surface area (Å²) in [6.45, 7) is 3.51. The normalized spacial score (nSPS) is 13.8. The number of carbonyl (C=O) groups is 1. The zero-order valence-electron chi connectivity index (χ0n) is 20.4. The monoisotopic (exact) mass is 527 g/mol.